The molecule has 0 unspecified atom stereocenters. The molecule has 1 aromatic carbocycles. The van der Waals surface area contributed by atoms with Crippen LogP contribution in [0.25, 0.3) is 11.1 Å². The fraction of sp³-hybridized carbons (Fsp3) is 0.304. The average molecular weight is 468 g/mol. The molecule has 1 fully saturated rings. The van der Waals surface area contributed by atoms with Crippen molar-refractivity contribution in [2.75, 3.05) is 0 Å². The van der Waals surface area contributed by atoms with E-state index in [9.17, 15) is 22.9 Å². The minimum atomic E-state index is -4.15. The van der Waals surface area contributed by atoms with Crippen molar-refractivity contribution in [1.82, 2.24) is 19.5 Å². The number of benzene rings is 1. The Bertz CT molecular complexity index is 1370. The molecule has 1 amide bonds. The first-order valence-electron chi connectivity index (χ1n) is 10.5. The highest BCUT2D eigenvalue weighted by Crippen LogP contribution is 2.34. The largest absolute Gasteiger partial charge is 0.283 e. The molecule has 0 atom stereocenters. The lowest BCUT2D eigenvalue weighted by Crippen LogP contribution is -2.32. The zero-order chi connectivity index (χ0) is 23.8. The number of hydrogen-bond donors (Lipinski definition) is 1. The molecule has 4 rings (SSSR count). The Labute approximate surface area is 191 Å². The van der Waals surface area contributed by atoms with Crippen LogP contribution in [0.15, 0.2) is 47.8 Å². The maximum atomic E-state index is 14.5. The normalized spacial score (nSPS) is 13.7. The zero-order valence-electron chi connectivity index (χ0n) is 18.1. The molecule has 1 aliphatic carbocycles. The summed E-state index contributed by atoms with van der Waals surface area (Å²) < 4.78 is 43.5. The maximum Gasteiger partial charge on any atom is 0.283 e. The molecule has 1 aliphatic rings. The monoisotopic (exact) mass is 467 g/mol. The Morgan fingerprint density at radius 1 is 1.30 bits per heavy atom. The average Bonchev–Trinajstić information content (AvgIpc) is 3.49. The van der Waals surface area contributed by atoms with E-state index in [0.717, 1.165) is 12.8 Å². The quantitative estimate of drug-likeness (QED) is 0.569. The lowest BCUT2D eigenvalue weighted by Gasteiger charge is -2.18. The predicted molar refractivity (Wildman–Crippen MR) is 118 cm³/mol. The number of carbonyl (C=O) groups excluding carboxylic acids is 1. The summed E-state index contributed by atoms with van der Waals surface area (Å²) in [5.74, 6) is -1.39. The summed E-state index contributed by atoms with van der Waals surface area (Å²) in [7, 11) is -4.15. The lowest BCUT2D eigenvalue weighted by atomic mass is 9.88. The summed E-state index contributed by atoms with van der Waals surface area (Å²) in [6, 6.07) is 9.24. The first-order valence-corrected chi connectivity index (χ1v) is 12.0. The molecule has 0 spiro atoms. The summed E-state index contributed by atoms with van der Waals surface area (Å²) >= 11 is 0. The van der Waals surface area contributed by atoms with Gasteiger partial charge in [-0.1, -0.05) is 13.8 Å². The van der Waals surface area contributed by atoms with E-state index in [0.29, 0.717) is 22.3 Å². The van der Waals surface area contributed by atoms with E-state index in [-0.39, 0.29) is 29.1 Å². The van der Waals surface area contributed by atoms with E-state index in [1.54, 1.807) is 16.9 Å². The van der Waals surface area contributed by atoms with Crippen molar-refractivity contribution in [2.45, 2.75) is 50.1 Å². The summed E-state index contributed by atoms with van der Waals surface area (Å²) in [4.78, 5) is 16.8. The van der Waals surface area contributed by atoms with Gasteiger partial charge in [0, 0.05) is 12.4 Å². The highest BCUT2D eigenvalue weighted by Gasteiger charge is 2.28. The van der Waals surface area contributed by atoms with Crippen molar-refractivity contribution >= 4 is 15.9 Å². The van der Waals surface area contributed by atoms with Gasteiger partial charge < -0.3 is 0 Å². The molecule has 8 nitrogen and oxygen atoms in total. The molecule has 2 aromatic heterocycles. The van der Waals surface area contributed by atoms with E-state index in [1.807, 2.05) is 19.9 Å². The van der Waals surface area contributed by atoms with E-state index < -0.39 is 21.7 Å². The van der Waals surface area contributed by atoms with Crippen molar-refractivity contribution < 1.29 is 17.6 Å². The number of pyridine rings is 1. The van der Waals surface area contributed by atoms with Crippen molar-refractivity contribution in [1.29, 1.82) is 5.26 Å². The number of sulfonamides is 1. The van der Waals surface area contributed by atoms with Gasteiger partial charge in [0.05, 0.1) is 12.5 Å². The number of aromatic nitrogens is 3. The Morgan fingerprint density at radius 2 is 2.06 bits per heavy atom. The van der Waals surface area contributed by atoms with Gasteiger partial charge in [-0.25, -0.2) is 14.1 Å². The molecule has 0 aliphatic heterocycles. The second-order valence-corrected chi connectivity index (χ2v) is 9.92. The predicted octanol–water partition coefficient (Wildman–Crippen LogP) is 3.46. The Hall–Kier alpha value is -3.58. The Kier molecular flexibility index (Phi) is 5.99. The van der Waals surface area contributed by atoms with Gasteiger partial charge in [-0.05, 0) is 71.3 Å². The SMILES string of the molecule is CC(C)c1cc(F)cc(-c2ccnc(C#N)c2)c1CC(=O)NS(=O)(=O)c1ccn(C2CC2)n1. The van der Waals surface area contributed by atoms with E-state index >= 15 is 0 Å². The number of nitrogens with zero attached hydrogens (tertiary/aromatic N) is 4. The van der Waals surface area contributed by atoms with Crippen LogP contribution >= 0.6 is 0 Å². The number of nitrogens with one attached hydrogen (secondary N) is 1. The molecule has 3 aromatic rings. The first kappa shape index (κ1) is 22.6. The third-order valence-corrected chi connectivity index (χ3v) is 6.69. The van der Waals surface area contributed by atoms with Crippen molar-refractivity contribution in [3.05, 3.63) is 65.4 Å². The van der Waals surface area contributed by atoms with Gasteiger partial charge in [0.2, 0.25) is 5.91 Å². The van der Waals surface area contributed by atoms with Crippen LogP contribution in [-0.4, -0.2) is 29.1 Å². The molecule has 1 N–H and O–H groups in total. The number of amides is 1. The maximum absolute atomic E-state index is 14.5. The summed E-state index contributed by atoms with van der Waals surface area (Å²) in [6.45, 7) is 3.71. The number of rotatable bonds is 7. The third-order valence-electron chi connectivity index (χ3n) is 5.42. The van der Waals surface area contributed by atoms with Gasteiger partial charge in [-0.3, -0.25) is 9.48 Å². The van der Waals surface area contributed by atoms with Crippen LogP contribution in [0.2, 0.25) is 0 Å². The van der Waals surface area contributed by atoms with Crippen LogP contribution in [0.4, 0.5) is 4.39 Å². The first-order chi connectivity index (χ1) is 15.7. The van der Waals surface area contributed by atoms with Gasteiger partial charge in [0.15, 0.2) is 5.03 Å². The molecule has 170 valence electrons. The van der Waals surface area contributed by atoms with Gasteiger partial charge in [0.25, 0.3) is 10.0 Å². The van der Waals surface area contributed by atoms with Crippen LogP contribution in [0, 0.1) is 17.1 Å². The molecule has 2 heterocycles. The number of hydrogen-bond acceptors (Lipinski definition) is 6. The van der Waals surface area contributed by atoms with E-state index in [4.69, 9.17) is 0 Å². The summed E-state index contributed by atoms with van der Waals surface area (Å²) in [5.41, 5.74) is 2.12. The third kappa shape index (κ3) is 4.93. The molecule has 0 radical (unpaired) electrons. The minimum Gasteiger partial charge on any atom is -0.274 e. The second-order valence-electron chi connectivity index (χ2n) is 8.29. The topological polar surface area (TPSA) is 118 Å². The molecule has 0 bridgehead atoms. The van der Waals surface area contributed by atoms with E-state index in [2.05, 4.69) is 14.8 Å². The van der Waals surface area contributed by atoms with Crippen molar-refractivity contribution in [3.8, 4) is 17.2 Å². The van der Waals surface area contributed by atoms with Crippen molar-refractivity contribution in [3.63, 3.8) is 0 Å². The van der Waals surface area contributed by atoms with Crippen molar-refractivity contribution in [2.24, 2.45) is 0 Å². The van der Waals surface area contributed by atoms with Gasteiger partial charge in [-0.2, -0.15) is 18.8 Å². The minimum absolute atomic E-state index is 0.134. The Balaban J connectivity index is 1.67. The van der Waals surface area contributed by atoms with Crippen LogP contribution in [0.3, 0.4) is 0 Å². The number of carbonyl (C=O) groups is 1. The Morgan fingerprint density at radius 3 is 2.73 bits per heavy atom. The molecular weight excluding hydrogens is 445 g/mol. The fourth-order valence-corrected chi connectivity index (χ4v) is 4.61. The van der Waals surface area contributed by atoms with Crippen LogP contribution in [0.1, 0.15) is 55.5 Å². The number of nitriles is 1. The molecular formula is C23H22FN5O3S. The number of halogens is 1. The fourth-order valence-electron chi connectivity index (χ4n) is 3.69. The molecule has 10 heteroatoms. The van der Waals surface area contributed by atoms with Crippen LogP contribution < -0.4 is 4.72 Å². The lowest BCUT2D eigenvalue weighted by molar-refractivity contribution is -0.118. The van der Waals surface area contributed by atoms with Gasteiger partial charge >= 0.3 is 0 Å². The summed E-state index contributed by atoms with van der Waals surface area (Å²) in [6.07, 6.45) is 4.61. The van der Waals surface area contributed by atoms with Gasteiger partial charge in [-0.15, -0.1) is 0 Å². The smallest absolute Gasteiger partial charge is 0.274 e. The van der Waals surface area contributed by atoms with Gasteiger partial charge in [0.1, 0.15) is 17.6 Å². The van der Waals surface area contributed by atoms with E-state index in [1.165, 1.54) is 30.5 Å². The standard InChI is InChI=1S/C23H22FN5O3S/c1-14(2)19-10-16(24)11-20(15-5-7-26-17(9-15)13-25)21(19)12-22(30)28-33(31,32)23-6-8-29(27-23)18-3-4-18/h5-11,14,18H,3-4,12H2,1-2H3,(H,28,30). The summed E-state index contributed by atoms with van der Waals surface area (Å²) in [5, 5.41) is 13.0. The zero-order valence-corrected chi connectivity index (χ0v) is 18.9. The molecule has 0 saturated heterocycles. The molecule has 33 heavy (non-hydrogen) atoms. The highest BCUT2D eigenvalue weighted by molar-refractivity contribution is 7.90. The highest BCUT2D eigenvalue weighted by atomic mass is 32.2. The molecule has 1 saturated carbocycles. The second kappa shape index (κ2) is 8.75. The van der Waals surface area contributed by atoms with Crippen LogP contribution in [0.5, 0.6) is 0 Å². The van der Waals surface area contributed by atoms with Crippen LogP contribution in [-0.2, 0) is 21.2 Å².